The van der Waals surface area contributed by atoms with Gasteiger partial charge in [0.2, 0.25) is 0 Å². The number of alkyl carbamates (subject to hydrolysis) is 1. The third-order valence-electron chi connectivity index (χ3n) is 3.27. The van der Waals surface area contributed by atoms with Crippen molar-refractivity contribution in [1.82, 2.24) is 5.32 Å². The van der Waals surface area contributed by atoms with Gasteiger partial charge >= 0.3 is 6.09 Å². The maximum atomic E-state index is 10.7. The maximum absolute atomic E-state index is 10.7. The lowest BCUT2D eigenvalue weighted by Gasteiger charge is -2.29. The van der Waals surface area contributed by atoms with Gasteiger partial charge < -0.3 is 10.1 Å². The number of carbonyl (C=O) groups is 1. The third kappa shape index (κ3) is 6.37. The molecule has 3 heteroatoms. The Balaban J connectivity index is 3.50. The van der Waals surface area contributed by atoms with Gasteiger partial charge in [-0.2, -0.15) is 0 Å². The van der Waals surface area contributed by atoms with E-state index in [2.05, 4.69) is 37.7 Å². The molecule has 0 spiro atoms. The van der Waals surface area contributed by atoms with E-state index in [-0.39, 0.29) is 6.09 Å². The Morgan fingerprint density at radius 2 is 1.93 bits per heavy atom. The van der Waals surface area contributed by atoms with Crippen molar-refractivity contribution in [2.24, 2.45) is 11.3 Å². The highest BCUT2D eigenvalue weighted by Gasteiger charge is 2.21. The molecule has 0 bridgehead atoms. The van der Waals surface area contributed by atoms with E-state index in [0.29, 0.717) is 17.9 Å². The van der Waals surface area contributed by atoms with Crippen molar-refractivity contribution in [3.63, 3.8) is 0 Å². The molecule has 0 aromatic rings. The van der Waals surface area contributed by atoms with Crippen LogP contribution in [0.3, 0.4) is 0 Å². The number of unbranched alkanes of at least 4 members (excludes halogenated alkanes) is 1. The maximum Gasteiger partial charge on any atom is 0.406 e. The van der Waals surface area contributed by atoms with E-state index in [4.69, 9.17) is 0 Å². The Morgan fingerprint density at radius 3 is 2.40 bits per heavy atom. The first-order chi connectivity index (χ1) is 6.90. The highest BCUT2D eigenvalue weighted by molar-refractivity contribution is 5.66. The molecule has 0 unspecified atom stereocenters. The summed E-state index contributed by atoms with van der Waals surface area (Å²) in [6.07, 6.45) is 3.03. The summed E-state index contributed by atoms with van der Waals surface area (Å²) in [7, 11) is 1.39. The number of nitrogens with one attached hydrogen (secondary N) is 1. The zero-order valence-electron chi connectivity index (χ0n) is 10.7. The number of ether oxygens (including phenoxy) is 1. The molecule has 0 aliphatic rings. The molecule has 0 saturated heterocycles. The zero-order chi connectivity index (χ0) is 11.9. The third-order valence-corrected chi connectivity index (χ3v) is 3.27. The van der Waals surface area contributed by atoms with Crippen LogP contribution in [-0.2, 0) is 4.74 Å². The Kier molecular flexibility index (Phi) is 6.37. The molecule has 1 amide bonds. The largest absolute Gasteiger partial charge is 0.453 e. The van der Waals surface area contributed by atoms with Gasteiger partial charge in [-0.15, -0.1) is 0 Å². The van der Waals surface area contributed by atoms with Gasteiger partial charge in [-0.3, -0.25) is 0 Å². The average Bonchev–Trinajstić information content (AvgIpc) is 2.16. The number of amides is 1. The van der Waals surface area contributed by atoms with Crippen molar-refractivity contribution in [1.29, 1.82) is 0 Å². The summed E-state index contributed by atoms with van der Waals surface area (Å²) in [6.45, 7) is 9.82. The van der Waals surface area contributed by atoms with Gasteiger partial charge in [-0.25, -0.2) is 4.79 Å². The van der Waals surface area contributed by atoms with Gasteiger partial charge in [-0.05, 0) is 24.2 Å². The second-order valence-electron chi connectivity index (χ2n) is 5.02. The van der Waals surface area contributed by atoms with Crippen molar-refractivity contribution in [2.75, 3.05) is 13.7 Å². The standard InChI is InChI=1S/C12H25NO2/c1-10(2)12(3,4)8-6-7-9-13-11(14)15-5/h10H,6-9H2,1-5H3,(H,13,14). The fourth-order valence-corrected chi connectivity index (χ4v) is 1.26. The van der Waals surface area contributed by atoms with E-state index in [1.165, 1.54) is 13.5 Å². The highest BCUT2D eigenvalue weighted by atomic mass is 16.5. The van der Waals surface area contributed by atoms with Crippen LogP contribution < -0.4 is 5.32 Å². The van der Waals surface area contributed by atoms with E-state index in [9.17, 15) is 4.79 Å². The van der Waals surface area contributed by atoms with Gasteiger partial charge in [0.1, 0.15) is 0 Å². The van der Waals surface area contributed by atoms with Gasteiger partial charge in [0.15, 0.2) is 0 Å². The van der Waals surface area contributed by atoms with Crippen LogP contribution in [0.4, 0.5) is 4.79 Å². The molecule has 0 rings (SSSR count). The van der Waals surface area contributed by atoms with Crippen molar-refractivity contribution in [3.05, 3.63) is 0 Å². The lowest BCUT2D eigenvalue weighted by atomic mass is 9.77. The van der Waals surface area contributed by atoms with Crippen LogP contribution in [0.15, 0.2) is 0 Å². The molecular formula is C12H25NO2. The monoisotopic (exact) mass is 215 g/mol. The molecule has 0 radical (unpaired) electrons. The molecule has 90 valence electrons. The van der Waals surface area contributed by atoms with Crippen LogP contribution in [0.5, 0.6) is 0 Å². The van der Waals surface area contributed by atoms with Crippen molar-refractivity contribution < 1.29 is 9.53 Å². The quantitative estimate of drug-likeness (QED) is 0.691. The Bertz CT molecular complexity index is 188. The van der Waals surface area contributed by atoms with Crippen LogP contribution in [0.25, 0.3) is 0 Å². The molecule has 0 aliphatic carbocycles. The first-order valence-corrected chi connectivity index (χ1v) is 5.72. The topological polar surface area (TPSA) is 38.3 Å². The minimum Gasteiger partial charge on any atom is -0.453 e. The molecule has 3 nitrogen and oxygen atoms in total. The Labute approximate surface area is 93.6 Å². The molecule has 0 aromatic heterocycles. The van der Waals surface area contributed by atoms with Crippen LogP contribution in [0, 0.1) is 11.3 Å². The van der Waals surface area contributed by atoms with Crippen LogP contribution in [0.2, 0.25) is 0 Å². The number of hydrogen-bond donors (Lipinski definition) is 1. The fourth-order valence-electron chi connectivity index (χ4n) is 1.26. The van der Waals surface area contributed by atoms with E-state index < -0.39 is 0 Å². The van der Waals surface area contributed by atoms with Crippen LogP contribution in [-0.4, -0.2) is 19.7 Å². The molecule has 0 fully saturated rings. The molecule has 0 aromatic carbocycles. The molecule has 0 heterocycles. The minimum atomic E-state index is -0.335. The lowest BCUT2D eigenvalue weighted by molar-refractivity contribution is 0.170. The number of methoxy groups -OCH3 is 1. The van der Waals surface area contributed by atoms with Gasteiger partial charge in [0, 0.05) is 6.54 Å². The Hall–Kier alpha value is -0.730. The van der Waals surface area contributed by atoms with E-state index in [0.717, 1.165) is 12.8 Å². The normalized spacial score (nSPS) is 11.6. The molecule has 0 saturated carbocycles. The van der Waals surface area contributed by atoms with Crippen LogP contribution >= 0.6 is 0 Å². The molecular weight excluding hydrogens is 190 g/mol. The van der Waals surface area contributed by atoms with E-state index >= 15 is 0 Å². The molecule has 1 N–H and O–H groups in total. The second-order valence-corrected chi connectivity index (χ2v) is 5.02. The summed E-state index contributed by atoms with van der Waals surface area (Å²) < 4.78 is 4.49. The van der Waals surface area contributed by atoms with Gasteiger partial charge in [0.25, 0.3) is 0 Å². The second kappa shape index (κ2) is 6.70. The minimum absolute atomic E-state index is 0.335. The zero-order valence-corrected chi connectivity index (χ0v) is 10.7. The average molecular weight is 215 g/mol. The van der Waals surface area contributed by atoms with Crippen molar-refractivity contribution >= 4 is 6.09 Å². The van der Waals surface area contributed by atoms with Gasteiger partial charge in [-0.1, -0.05) is 34.1 Å². The molecule has 0 atom stereocenters. The summed E-state index contributed by atoms with van der Waals surface area (Å²) in [5.74, 6) is 0.700. The summed E-state index contributed by atoms with van der Waals surface area (Å²) in [5.41, 5.74) is 0.394. The number of hydrogen-bond acceptors (Lipinski definition) is 2. The van der Waals surface area contributed by atoms with Crippen molar-refractivity contribution in [3.8, 4) is 0 Å². The smallest absolute Gasteiger partial charge is 0.406 e. The first kappa shape index (κ1) is 14.3. The number of rotatable bonds is 6. The first-order valence-electron chi connectivity index (χ1n) is 5.72. The summed E-state index contributed by atoms with van der Waals surface area (Å²) in [5, 5.41) is 2.69. The van der Waals surface area contributed by atoms with Gasteiger partial charge in [0.05, 0.1) is 7.11 Å². The predicted octanol–water partition coefficient (Wildman–Crippen LogP) is 3.19. The summed E-state index contributed by atoms with van der Waals surface area (Å²) >= 11 is 0. The fraction of sp³-hybridized carbons (Fsp3) is 0.917. The Morgan fingerprint density at radius 1 is 1.33 bits per heavy atom. The van der Waals surface area contributed by atoms with Crippen LogP contribution in [0.1, 0.15) is 47.0 Å². The lowest BCUT2D eigenvalue weighted by Crippen LogP contribution is -2.24. The summed E-state index contributed by atoms with van der Waals surface area (Å²) in [4.78, 5) is 10.7. The SMILES string of the molecule is COC(=O)NCCCCC(C)(C)C(C)C. The van der Waals surface area contributed by atoms with E-state index in [1.54, 1.807) is 0 Å². The van der Waals surface area contributed by atoms with E-state index in [1.807, 2.05) is 0 Å². The van der Waals surface area contributed by atoms with Crippen molar-refractivity contribution in [2.45, 2.75) is 47.0 Å². The predicted molar refractivity (Wildman–Crippen MR) is 62.9 cm³/mol. The number of carbonyl (C=O) groups excluding carboxylic acids is 1. The highest BCUT2D eigenvalue weighted by Crippen LogP contribution is 2.31. The summed E-state index contributed by atoms with van der Waals surface area (Å²) in [6, 6.07) is 0. The molecule has 0 aliphatic heterocycles. The molecule has 15 heavy (non-hydrogen) atoms.